The second-order valence-electron chi connectivity index (χ2n) is 6.22. The van der Waals surface area contributed by atoms with Gasteiger partial charge in [0.1, 0.15) is 0 Å². The summed E-state index contributed by atoms with van der Waals surface area (Å²) in [6.07, 6.45) is 4.55. The fourth-order valence-electron chi connectivity index (χ4n) is 2.90. The van der Waals surface area contributed by atoms with Crippen molar-refractivity contribution in [3.63, 3.8) is 0 Å². The molecule has 0 aliphatic heterocycles. The molecule has 0 aliphatic carbocycles. The highest BCUT2D eigenvalue weighted by Crippen LogP contribution is 2.26. The molecule has 25 heavy (non-hydrogen) atoms. The first kappa shape index (κ1) is 16.9. The van der Waals surface area contributed by atoms with Gasteiger partial charge in [0.2, 0.25) is 0 Å². The Labute approximate surface area is 149 Å². The molecule has 1 heteroatoms. The minimum atomic E-state index is 0.146. The van der Waals surface area contributed by atoms with E-state index < -0.39 is 0 Å². The Kier molecular flexibility index (Phi) is 5.58. The van der Waals surface area contributed by atoms with Gasteiger partial charge >= 0.3 is 0 Å². The lowest BCUT2D eigenvalue weighted by atomic mass is 9.90. The van der Waals surface area contributed by atoms with Crippen LogP contribution in [0.3, 0.4) is 0 Å². The van der Waals surface area contributed by atoms with Gasteiger partial charge in [0.05, 0.1) is 0 Å². The van der Waals surface area contributed by atoms with Crippen LogP contribution in [0.5, 0.6) is 0 Å². The summed E-state index contributed by atoms with van der Waals surface area (Å²) in [4.78, 5) is 12.3. The maximum atomic E-state index is 12.3. The lowest BCUT2D eigenvalue weighted by Crippen LogP contribution is -2.00. The maximum absolute atomic E-state index is 12.3. The number of rotatable bonds is 6. The second-order valence-corrected chi connectivity index (χ2v) is 6.22. The molecule has 0 fully saturated rings. The van der Waals surface area contributed by atoms with Gasteiger partial charge in [-0.2, -0.15) is 0 Å². The van der Waals surface area contributed by atoms with Crippen LogP contribution in [0.1, 0.15) is 39.4 Å². The second kappa shape index (κ2) is 8.25. The van der Waals surface area contributed by atoms with Crippen LogP contribution < -0.4 is 0 Å². The van der Waals surface area contributed by atoms with Crippen LogP contribution in [0.4, 0.5) is 0 Å². The van der Waals surface area contributed by atoms with E-state index in [1.165, 1.54) is 16.7 Å². The fourth-order valence-corrected chi connectivity index (χ4v) is 2.90. The molecule has 0 saturated heterocycles. The number of hydrogen-bond acceptors (Lipinski definition) is 1. The Bertz CT molecular complexity index is 830. The standard InChI is InChI=1S/C24H22O/c1-19-15-17-21(18-16-19)23(20-9-4-2-5-10-20)13-8-14-24(25)22-11-6-3-7-12-22/h2-13,15-18,23H,14H2,1H3/b13-8-/t23-/m1/s1. The van der Waals surface area contributed by atoms with Gasteiger partial charge in [-0.3, -0.25) is 4.79 Å². The van der Waals surface area contributed by atoms with Crippen LogP contribution in [-0.4, -0.2) is 5.78 Å². The van der Waals surface area contributed by atoms with Gasteiger partial charge in [-0.05, 0) is 18.1 Å². The van der Waals surface area contributed by atoms with Crippen LogP contribution in [0.2, 0.25) is 0 Å². The van der Waals surface area contributed by atoms with E-state index in [1.54, 1.807) is 0 Å². The molecule has 3 aromatic carbocycles. The van der Waals surface area contributed by atoms with Crippen molar-refractivity contribution in [2.75, 3.05) is 0 Å². The van der Waals surface area contributed by atoms with Crippen molar-refractivity contribution in [1.82, 2.24) is 0 Å². The Balaban J connectivity index is 1.80. The number of carbonyl (C=O) groups is 1. The summed E-state index contributed by atoms with van der Waals surface area (Å²) in [7, 11) is 0. The summed E-state index contributed by atoms with van der Waals surface area (Å²) in [6.45, 7) is 2.09. The summed E-state index contributed by atoms with van der Waals surface area (Å²) >= 11 is 0. The first-order valence-electron chi connectivity index (χ1n) is 8.60. The van der Waals surface area contributed by atoms with Crippen molar-refractivity contribution in [2.45, 2.75) is 19.3 Å². The molecule has 0 radical (unpaired) electrons. The van der Waals surface area contributed by atoms with E-state index in [9.17, 15) is 4.79 Å². The molecule has 0 aliphatic rings. The first-order chi connectivity index (χ1) is 12.2. The summed E-state index contributed by atoms with van der Waals surface area (Å²) in [5, 5.41) is 0. The largest absolute Gasteiger partial charge is 0.294 e. The highest BCUT2D eigenvalue weighted by molar-refractivity contribution is 5.96. The third-order valence-corrected chi connectivity index (χ3v) is 4.32. The van der Waals surface area contributed by atoms with E-state index in [1.807, 2.05) is 42.5 Å². The first-order valence-corrected chi connectivity index (χ1v) is 8.60. The van der Waals surface area contributed by atoms with E-state index >= 15 is 0 Å². The highest BCUT2D eigenvalue weighted by atomic mass is 16.1. The number of aryl methyl sites for hydroxylation is 1. The zero-order valence-corrected chi connectivity index (χ0v) is 14.4. The molecule has 0 unspecified atom stereocenters. The van der Waals surface area contributed by atoms with Crippen LogP contribution in [0, 0.1) is 6.92 Å². The summed E-state index contributed by atoms with van der Waals surface area (Å²) in [5.74, 6) is 0.304. The molecule has 124 valence electrons. The molecule has 0 saturated carbocycles. The lowest BCUT2D eigenvalue weighted by Gasteiger charge is -2.14. The van der Waals surface area contributed by atoms with Crippen LogP contribution >= 0.6 is 0 Å². The van der Waals surface area contributed by atoms with Gasteiger partial charge in [0.25, 0.3) is 0 Å². The molecular formula is C24H22O. The summed E-state index contributed by atoms with van der Waals surface area (Å²) < 4.78 is 0. The predicted molar refractivity (Wildman–Crippen MR) is 104 cm³/mol. The topological polar surface area (TPSA) is 17.1 Å². The normalized spacial score (nSPS) is 12.2. The van der Waals surface area contributed by atoms with Gasteiger partial charge in [-0.15, -0.1) is 0 Å². The minimum Gasteiger partial charge on any atom is -0.294 e. The van der Waals surface area contributed by atoms with Crippen molar-refractivity contribution < 1.29 is 4.79 Å². The number of ketones is 1. The average molecular weight is 326 g/mol. The molecule has 0 amide bonds. The van der Waals surface area contributed by atoms with E-state index in [0.717, 1.165) is 5.56 Å². The number of benzene rings is 3. The number of Topliss-reactive ketones (excluding diaryl/α,β-unsaturated/α-hetero) is 1. The van der Waals surface area contributed by atoms with E-state index in [4.69, 9.17) is 0 Å². The van der Waals surface area contributed by atoms with Crippen molar-refractivity contribution in [1.29, 1.82) is 0 Å². The van der Waals surface area contributed by atoms with Crippen LogP contribution in [0.25, 0.3) is 0 Å². The lowest BCUT2D eigenvalue weighted by molar-refractivity contribution is 0.0995. The molecule has 0 N–H and O–H groups in total. The Morgan fingerprint density at radius 1 is 0.800 bits per heavy atom. The van der Waals surface area contributed by atoms with Gasteiger partial charge in [0, 0.05) is 17.9 Å². The number of carbonyl (C=O) groups excluding carboxylic acids is 1. The summed E-state index contributed by atoms with van der Waals surface area (Å²) in [5.41, 5.74) is 4.48. The highest BCUT2D eigenvalue weighted by Gasteiger charge is 2.11. The minimum absolute atomic E-state index is 0.146. The van der Waals surface area contributed by atoms with Gasteiger partial charge in [0.15, 0.2) is 5.78 Å². The van der Waals surface area contributed by atoms with Gasteiger partial charge in [-0.1, -0.05) is 103 Å². The molecular weight excluding hydrogens is 304 g/mol. The summed E-state index contributed by atoms with van der Waals surface area (Å²) in [6, 6.07) is 28.4. The van der Waals surface area contributed by atoms with Crippen LogP contribution in [0.15, 0.2) is 97.1 Å². The Morgan fingerprint density at radius 3 is 2.00 bits per heavy atom. The van der Waals surface area contributed by atoms with Crippen LogP contribution in [-0.2, 0) is 0 Å². The number of allylic oxidation sites excluding steroid dienone is 2. The molecule has 3 rings (SSSR count). The smallest absolute Gasteiger partial charge is 0.166 e. The molecule has 1 nitrogen and oxygen atoms in total. The SMILES string of the molecule is Cc1ccc([C@H](/C=C\CC(=O)c2ccccc2)c2ccccc2)cc1. The maximum Gasteiger partial charge on any atom is 0.166 e. The molecule has 1 atom stereocenters. The monoisotopic (exact) mass is 326 g/mol. The molecule has 0 heterocycles. The van der Waals surface area contributed by atoms with E-state index in [-0.39, 0.29) is 11.7 Å². The Morgan fingerprint density at radius 2 is 1.36 bits per heavy atom. The average Bonchev–Trinajstić information content (AvgIpc) is 2.67. The van der Waals surface area contributed by atoms with Gasteiger partial charge in [-0.25, -0.2) is 0 Å². The quantitative estimate of drug-likeness (QED) is 0.404. The zero-order valence-electron chi connectivity index (χ0n) is 14.4. The number of hydrogen-bond donors (Lipinski definition) is 0. The fraction of sp³-hybridized carbons (Fsp3) is 0.125. The van der Waals surface area contributed by atoms with Crippen molar-refractivity contribution in [2.24, 2.45) is 0 Å². The van der Waals surface area contributed by atoms with E-state index in [2.05, 4.69) is 61.5 Å². The van der Waals surface area contributed by atoms with Crippen molar-refractivity contribution >= 4 is 5.78 Å². The van der Waals surface area contributed by atoms with Gasteiger partial charge < -0.3 is 0 Å². The Hall–Kier alpha value is -2.93. The molecule has 0 bridgehead atoms. The third kappa shape index (κ3) is 4.54. The zero-order chi connectivity index (χ0) is 17.5. The van der Waals surface area contributed by atoms with Crippen molar-refractivity contribution in [3.05, 3.63) is 119 Å². The molecule has 0 spiro atoms. The predicted octanol–water partition coefficient (Wildman–Crippen LogP) is 5.96. The third-order valence-electron chi connectivity index (χ3n) is 4.32. The van der Waals surface area contributed by atoms with Crippen molar-refractivity contribution in [3.8, 4) is 0 Å². The van der Waals surface area contributed by atoms with E-state index in [0.29, 0.717) is 6.42 Å². The molecule has 3 aromatic rings. The molecule has 0 aromatic heterocycles.